The summed E-state index contributed by atoms with van der Waals surface area (Å²) in [6, 6.07) is 18.9. The molecule has 0 aliphatic carbocycles. The van der Waals surface area contributed by atoms with Crippen molar-refractivity contribution in [3.8, 4) is 11.5 Å². The van der Waals surface area contributed by atoms with E-state index >= 15 is 0 Å². The molecule has 0 bridgehead atoms. The first-order valence-corrected chi connectivity index (χ1v) is 11.9. The van der Waals surface area contributed by atoms with Gasteiger partial charge in [-0.1, -0.05) is 18.2 Å². The van der Waals surface area contributed by atoms with Crippen molar-refractivity contribution in [1.82, 2.24) is 0 Å². The third-order valence-electron chi connectivity index (χ3n) is 4.26. The molecule has 2 N–H and O–H groups in total. The zero-order valence-electron chi connectivity index (χ0n) is 18.2. The molecule has 174 valence electrons. The van der Waals surface area contributed by atoms with Crippen LogP contribution >= 0.6 is 0 Å². The summed E-state index contributed by atoms with van der Waals surface area (Å²) in [6.45, 7) is 4.00. The first-order valence-electron chi connectivity index (χ1n) is 10.2. The lowest BCUT2D eigenvalue weighted by Gasteiger charge is -2.12. The Morgan fingerprint density at radius 2 is 1.64 bits per heavy atom. The van der Waals surface area contributed by atoms with Gasteiger partial charge in [0.25, 0.3) is 0 Å². The number of sulfonamides is 1. The Kier molecular flexibility index (Phi) is 7.89. The van der Waals surface area contributed by atoms with Gasteiger partial charge in [0.15, 0.2) is 0 Å². The van der Waals surface area contributed by atoms with E-state index in [1.807, 2.05) is 13.8 Å². The number of nitrogens with one attached hydrogen (secondary N) is 2. The molecule has 0 heterocycles. The second kappa shape index (κ2) is 10.8. The maximum absolute atomic E-state index is 13.0. The number of hydrogen-bond acceptors (Lipinski definition) is 5. The highest BCUT2D eigenvalue weighted by atomic mass is 32.2. The van der Waals surface area contributed by atoms with Gasteiger partial charge >= 0.3 is 0 Å². The number of hydrogen-bond donors (Lipinski definition) is 2. The predicted molar refractivity (Wildman–Crippen MR) is 125 cm³/mol. The average molecular weight is 473 g/mol. The van der Waals surface area contributed by atoms with Crippen molar-refractivity contribution in [2.75, 3.05) is 15.8 Å². The molecule has 0 radical (unpaired) electrons. The van der Waals surface area contributed by atoms with Gasteiger partial charge in [-0.3, -0.25) is 9.52 Å². The van der Waals surface area contributed by atoms with Gasteiger partial charge in [0.1, 0.15) is 29.7 Å². The molecule has 0 saturated carbocycles. The summed E-state index contributed by atoms with van der Waals surface area (Å²) in [4.78, 5) is 12.3. The topological polar surface area (TPSA) is 93.7 Å². The van der Waals surface area contributed by atoms with Crippen LogP contribution in [0.25, 0.3) is 0 Å². The second-order valence-electron chi connectivity index (χ2n) is 7.54. The fourth-order valence-corrected chi connectivity index (χ4v) is 3.85. The molecule has 33 heavy (non-hydrogen) atoms. The van der Waals surface area contributed by atoms with E-state index in [0.717, 1.165) is 5.56 Å². The summed E-state index contributed by atoms with van der Waals surface area (Å²) in [5.74, 6) is -0.685. The van der Waals surface area contributed by atoms with Gasteiger partial charge < -0.3 is 14.8 Å². The highest BCUT2D eigenvalue weighted by Gasteiger charge is 2.17. The van der Waals surface area contributed by atoms with E-state index < -0.39 is 21.7 Å². The highest BCUT2D eigenvalue weighted by molar-refractivity contribution is 7.93. The van der Waals surface area contributed by atoms with Crippen LogP contribution in [0, 0.1) is 5.82 Å². The second-order valence-corrected chi connectivity index (χ2v) is 9.27. The molecule has 0 aliphatic heterocycles. The van der Waals surface area contributed by atoms with E-state index in [0.29, 0.717) is 22.9 Å². The van der Waals surface area contributed by atoms with Crippen molar-refractivity contribution >= 4 is 27.3 Å². The molecule has 0 atom stereocenters. The van der Waals surface area contributed by atoms with E-state index in [-0.39, 0.29) is 18.5 Å². The van der Waals surface area contributed by atoms with E-state index in [4.69, 9.17) is 9.47 Å². The molecule has 9 heteroatoms. The quantitative estimate of drug-likeness (QED) is 0.451. The molecule has 0 unspecified atom stereocenters. The summed E-state index contributed by atoms with van der Waals surface area (Å²) in [5.41, 5.74) is 1.50. The van der Waals surface area contributed by atoms with Crippen molar-refractivity contribution in [1.29, 1.82) is 0 Å². The van der Waals surface area contributed by atoms with Gasteiger partial charge in [0, 0.05) is 17.4 Å². The Morgan fingerprint density at radius 1 is 0.939 bits per heavy atom. The lowest BCUT2D eigenvalue weighted by atomic mass is 10.2. The van der Waals surface area contributed by atoms with E-state index in [1.54, 1.807) is 60.7 Å². The Hall–Kier alpha value is -3.59. The zero-order valence-corrected chi connectivity index (χ0v) is 19.1. The molecule has 0 aromatic heterocycles. The SMILES string of the molecule is CC(C)Oc1ccc(NS(=O)(=O)CC(=O)Nc2cccc(OCc3ccc(F)cc3)c2)cc1. The summed E-state index contributed by atoms with van der Waals surface area (Å²) in [6.07, 6.45) is 0.00283. The standard InChI is InChI=1S/C24H25FN2O5S/c1-17(2)32-22-12-10-20(11-13-22)27-33(29,30)16-24(28)26-21-4-3-5-23(14-21)31-15-18-6-8-19(25)9-7-18/h3-14,17,27H,15-16H2,1-2H3,(H,26,28). The number of amides is 1. The molecular formula is C24H25FN2O5S. The van der Waals surface area contributed by atoms with Gasteiger partial charge in [0.2, 0.25) is 15.9 Å². The Morgan fingerprint density at radius 3 is 2.30 bits per heavy atom. The number of halogens is 1. The molecular weight excluding hydrogens is 447 g/mol. The van der Waals surface area contributed by atoms with Gasteiger partial charge in [-0.2, -0.15) is 0 Å². The maximum Gasteiger partial charge on any atom is 0.241 e. The third kappa shape index (κ3) is 8.12. The third-order valence-corrected chi connectivity index (χ3v) is 5.45. The fourth-order valence-electron chi connectivity index (χ4n) is 2.87. The van der Waals surface area contributed by atoms with E-state index in [2.05, 4.69) is 10.0 Å². The molecule has 3 aromatic rings. The normalized spacial score (nSPS) is 11.2. The summed E-state index contributed by atoms with van der Waals surface area (Å²) in [5, 5.41) is 2.55. The maximum atomic E-state index is 13.0. The first kappa shape index (κ1) is 24.1. The van der Waals surface area contributed by atoms with Crippen molar-refractivity contribution in [2.45, 2.75) is 26.6 Å². The molecule has 1 amide bonds. The molecule has 3 rings (SSSR count). The van der Waals surface area contributed by atoms with Crippen LogP contribution in [0.15, 0.2) is 72.8 Å². The number of ether oxygens (including phenoxy) is 2. The molecule has 0 spiro atoms. The monoisotopic (exact) mass is 472 g/mol. The minimum atomic E-state index is -3.91. The lowest BCUT2D eigenvalue weighted by molar-refractivity contribution is -0.113. The molecule has 0 saturated heterocycles. The Bertz CT molecular complexity index is 1180. The Balaban J connectivity index is 1.53. The van der Waals surface area contributed by atoms with Crippen LogP contribution in [0.2, 0.25) is 0 Å². The predicted octanol–water partition coefficient (Wildman–Crippen LogP) is 4.57. The first-order chi connectivity index (χ1) is 15.7. The molecule has 0 fully saturated rings. The van der Waals surface area contributed by atoms with Crippen LogP contribution in [-0.2, 0) is 21.4 Å². The smallest absolute Gasteiger partial charge is 0.241 e. The number of carbonyl (C=O) groups excluding carboxylic acids is 1. The van der Waals surface area contributed by atoms with Crippen molar-refractivity contribution < 1.29 is 27.1 Å². The van der Waals surface area contributed by atoms with E-state index in [1.165, 1.54) is 12.1 Å². The van der Waals surface area contributed by atoms with Gasteiger partial charge in [0.05, 0.1) is 6.10 Å². The lowest BCUT2D eigenvalue weighted by Crippen LogP contribution is -2.27. The summed E-state index contributed by atoms with van der Waals surface area (Å²) >= 11 is 0. The zero-order chi connectivity index (χ0) is 23.8. The minimum absolute atomic E-state index is 0.00283. The number of rotatable bonds is 10. The van der Waals surface area contributed by atoms with Crippen LogP contribution in [0.3, 0.4) is 0 Å². The van der Waals surface area contributed by atoms with Crippen LogP contribution in [-0.4, -0.2) is 26.2 Å². The molecule has 0 aliphatic rings. The van der Waals surface area contributed by atoms with Crippen molar-refractivity contribution in [3.05, 3.63) is 84.2 Å². The molecule has 3 aromatic carbocycles. The largest absolute Gasteiger partial charge is 0.491 e. The van der Waals surface area contributed by atoms with Crippen LogP contribution in [0.1, 0.15) is 19.4 Å². The van der Waals surface area contributed by atoms with Gasteiger partial charge in [-0.05, 0) is 67.9 Å². The fraction of sp³-hybridized carbons (Fsp3) is 0.208. The highest BCUT2D eigenvalue weighted by Crippen LogP contribution is 2.20. The van der Waals surface area contributed by atoms with E-state index in [9.17, 15) is 17.6 Å². The Labute approximate surface area is 192 Å². The number of benzene rings is 3. The summed E-state index contributed by atoms with van der Waals surface area (Å²) in [7, 11) is -3.91. The van der Waals surface area contributed by atoms with Crippen LogP contribution in [0.4, 0.5) is 15.8 Å². The minimum Gasteiger partial charge on any atom is -0.491 e. The number of anilines is 2. The van der Waals surface area contributed by atoms with Crippen molar-refractivity contribution in [2.24, 2.45) is 0 Å². The van der Waals surface area contributed by atoms with Crippen molar-refractivity contribution in [3.63, 3.8) is 0 Å². The van der Waals surface area contributed by atoms with Gasteiger partial charge in [-0.15, -0.1) is 0 Å². The summed E-state index contributed by atoms with van der Waals surface area (Å²) < 4.78 is 51.3. The number of carbonyl (C=O) groups is 1. The molecule has 7 nitrogen and oxygen atoms in total. The van der Waals surface area contributed by atoms with Gasteiger partial charge in [-0.25, -0.2) is 12.8 Å². The van der Waals surface area contributed by atoms with Crippen LogP contribution in [0.5, 0.6) is 11.5 Å². The van der Waals surface area contributed by atoms with Crippen LogP contribution < -0.4 is 19.5 Å². The average Bonchev–Trinajstić information content (AvgIpc) is 2.74.